The first kappa shape index (κ1) is 14.0. The van der Waals surface area contributed by atoms with Gasteiger partial charge >= 0.3 is 0 Å². The molecular formula is C15H26N2. The summed E-state index contributed by atoms with van der Waals surface area (Å²) in [5.74, 6) is 0. The lowest BCUT2D eigenvalue weighted by Gasteiger charge is -2.28. The van der Waals surface area contributed by atoms with Crippen molar-refractivity contribution >= 4 is 5.69 Å². The SMILES string of the molecule is CC(NCc1ccc(N(C)C)cc1)C(C)(C)C. The number of nitrogens with zero attached hydrogens (tertiary/aromatic N) is 1. The molecule has 1 N–H and O–H groups in total. The van der Waals surface area contributed by atoms with E-state index in [9.17, 15) is 0 Å². The number of hydrogen-bond acceptors (Lipinski definition) is 2. The van der Waals surface area contributed by atoms with Gasteiger partial charge in [-0.25, -0.2) is 0 Å². The van der Waals surface area contributed by atoms with E-state index in [-0.39, 0.29) is 0 Å². The molecule has 0 amide bonds. The van der Waals surface area contributed by atoms with Gasteiger partial charge in [0.1, 0.15) is 0 Å². The number of benzene rings is 1. The predicted octanol–water partition coefficient (Wildman–Crippen LogP) is 3.28. The minimum absolute atomic E-state index is 0.309. The van der Waals surface area contributed by atoms with Crippen LogP contribution in [0.3, 0.4) is 0 Å². The Morgan fingerprint density at radius 1 is 1.12 bits per heavy atom. The lowest BCUT2D eigenvalue weighted by Crippen LogP contribution is -2.37. The molecule has 0 aliphatic rings. The summed E-state index contributed by atoms with van der Waals surface area (Å²) in [7, 11) is 4.13. The zero-order valence-corrected chi connectivity index (χ0v) is 12.0. The summed E-state index contributed by atoms with van der Waals surface area (Å²) in [6, 6.07) is 9.23. The van der Waals surface area contributed by atoms with E-state index in [1.165, 1.54) is 11.3 Å². The van der Waals surface area contributed by atoms with E-state index in [0.717, 1.165) is 6.54 Å². The van der Waals surface area contributed by atoms with Crippen molar-refractivity contribution in [2.45, 2.75) is 40.3 Å². The summed E-state index contributed by atoms with van der Waals surface area (Å²) in [4.78, 5) is 2.12. The minimum Gasteiger partial charge on any atom is -0.378 e. The Morgan fingerprint density at radius 3 is 2.06 bits per heavy atom. The first-order chi connectivity index (χ1) is 7.80. The molecule has 1 aromatic rings. The van der Waals surface area contributed by atoms with Crippen molar-refractivity contribution in [3.63, 3.8) is 0 Å². The zero-order valence-electron chi connectivity index (χ0n) is 12.0. The Balaban J connectivity index is 2.53. The molecule has 17 heavy (non-hydrogen) atoms. The highest BCUT2D eigenvalue weighted by molar-refractivity contribution is 5.45. The molecule has 96 valence electrons. The van der Waals surface area contributed by atoms with Crippen LogP contribution >= 0.6 is 0 Å². The molecule has 0 aromatic heterocycles. The summed E-state index contributed by atoms with van der Waals surface area (Å²) < 4.78 is 0. The molecular weight excluding hydrogens is 208 g/mol. The normalized spacial score (nSPS) is 13.5. The van der Waals surface area contributed by atoms with E-state index in [2.05, 4.69) is 76.3 Å². The van der Waals surface area contributed by atoms with Crippen molar-refractivity contribution in [2.24, 2.45) is 5.41 Å². The van der Waals surface area contributed by atoms with Gasteiger partial charge in [-0.05, 0) is 30.0 Å². The molecule has 2 heteroatoms. The molecule has 0 aliphatic heterocycles. The van der Waals surface area contributed by atoms with Crippen molar-refractivity contribution in [1.29, 1.82) is 0 Å². The Kier molecular flexibility index (Phi) is 4.58. The van der Waals surface area contributed by atoms with Gasteiger partial charge in [0.25, 0.3) is 0 Å². The maximum Gasteiger partial charge on any atom is 0.0361 e. The molecule has 0 fully saturated rings. The number of anilines is 1. The van der Waals surface area contributed by atoms with Gasteiger partial charge in [0.2, 0.25) is 0 Å². The second-order valence-corrected chi connectivity index (χ2v) is 6.03. The van der Waals surface area contributed by atoms with Crippen LogP contribution in [0.25, 0.3) is 0 Å². The standard InChI is InChI=1S/C15H26N2/c1-12(15(2,3)4)16-11-13-7-9-14(10-8-13)17(5)6/h7-10,12,16H,11H2,1-6H3. The maximum atomic E-state index is 3.57. The van der Waals surface area contributed by atoms with E-state index in [1.54, 1.807) is 0 Å². The Morgan fingerprint density at radius 2 is 1.65 bits per heavy atom. The van der Waals surface area contributed by atoms with Crippen LogP contribution in [0.5, 0.6) is 0 Å². The van der Waals surface area contributed by atoms with Crippen LogP contribution in [0.2, 0.25) is 0 Å². The van der Waals surface area contributed by atoms with Gasteiger partial charge in [0.05, 0.1) is 0 Å². The highest BCUT2D eigenvalue weighted by Crippen LogP contribution is 2.19. The third-order valence-electron chi connectivity index (χ3n) is 3.36. The predicted molar refractivity (Wildman–Crippen MR) is 76.5 cm³/mol. The Hall–Kier alpha value is -1.02. The van der Waals surface area contributed by atoms with Crippen molar-refractivity contribution in [2.75, 3.05) is 19.0 Å². The maximum absolute atomic E-state index is 3.57. The summed E-state index contributed by atoms with van der Waals surface area (Å²) in [5.41, 5.74) is 2.90. The minimum atomic E-state index is 0.309. The molecule has 1 unspecified atom stereocenters. The molecule has 0 aliphatic carbocycles. The first-order valence-electron chi connectivity index (χ1n) is 6.30. The lowest BCUT2D eigenvalue weighted by atomic mass is 9.88. The number of hydrogen-bond donors (Lipinski definition) is 1. The number of rotatable bonds is 4. The Bertz CT molecular complexity index is 333. The van der Waals surface area contributed by atoms with Gasteiger partial charge in [-0.1, -0.05) is 32.9 Å². The van der Waals surface area contributed by atoms with Crippen LogP contribution in [-0.4, -0.2) is 20.1 Å². The Labute approximate surface area is 106 Å². The summed E-state index contributed by atoms with van der Waals surface area (Å²) >= 11 is 0. The van der Waals surface area contributed by atoms with Crippen LogP contribution < -0.4 is 10.2 Å². The molecule has 0 saturated heterocycles. The zero-order chi connectivity index (χ0) is 13.1. The molecule has 1 atom stereocenters. The second kappa shape index (κ2) is 5.54. The molecule has 1 rings (SSSR count). The number of nitrogens with one attached hydrogen (secondary N) is 1. The van der Waals surface area contributed by atoms with E-state index in [1.807, 2.05) is 0 Å². The fourth-order valence-corrected chi connectivity index (χ4v) is 1.49. The van der Waals surface area contributed by atoms with Gasteiger partial charge in [0.15, 0.2) is 0 Å². The third-order valence-corrected chi connectivity index (χ3v) is 3.36. The van der Waals surface area contributed by atoms with Gasteiger partial charge in [-0.15, -0.1) is 0 Å². The van der Waals surface area contributed by atoms with Crippen LogP contribution in [0.4, 0.5) is 5.69 Å². The van der Waals surface area contributed by atoms with E-state index in [4.69, 9.17) is 0 Å². The van der Waals surface area contributed by atoms with Crippen LogP contribution in [0.1, 0.15) is 33.3 Å². The average Bonchev–Trinajstić information content (AvgIpc) is 2.25. The molecule has 0 saturated carbocycles. The molecule has 0 radical (unpaired) electrons. The van der Waals surface area contributed by atoms with Crippen molar-refractivity contribution in [1.82, 2.24) is 5.32 Å². The van der Waals surface area contributed by atoms with Crippen LogP contribution in [0.15, 0.2) is 24.3 Å². The molecule has 0 heterocycles. The van der Waals surface area contributed by atoms with E-state index >= 15 is 0 Å². The highest BCUT2D eigenvalue weighted by atomic mass is 15.1. The monoisotopic (exact) mass is 234 g/mol. The molecule has 1 aromatic carbocycles. The van der Waals surface area contributed by atoms with Crippen LogP contribution in [-0.2, 0) is 6.54 Å². The summed E-state index contributed by atoms with van der Waals surface area (Å²) in [6.45, 7) is 9.97. The average molecular weight is 234 g/mol. The van der Waals surface area contributed by atoms with E-state index < -0.39 is 0 Å². The van der Waals surface area contributed by atoms with Gasteiger partial charge < -0.3 is 10.2 Å². The summed E-state index contributed by atoms with van der Waals surface area (Å²) in [6.07, 6.45) is 0. The van der Waals surface area contributed by atoms with Crippen molar-refractivity contribution in [3.05, 3.63) is 29.8 Å². The molecule has 0 bridgehead atoms. The highest BCUT2D eigenvalue weighted by Gasteiger charge is 2.18. The molecule has 0 spiro atoms. The van der Waals surface area contributed by atoms with Gasteiger partial charge in [-0.2, -0.15) is 0 Å². The van der Waals surface area contributed by atoms with Crippen molar-refractivity contribution < 1.29 is 0 Å². The largest absolute Gasteiger partial charge is 0.378 e. The second-order valence-electron chi connectivity index (χ2n) is 6.03. The quantitative estimate of drug-likeness (QED) is 0.860. The first-order valence-corrected chi connectivity index (χ1v) is 6.30. The fourth-order valence-electron chi connectivity index (χ4n) is 1.49. The smallest absolute Gasteiger partial charge is 0.0361 e. The lowest BCUT2D eigenvalue weighted by molar-refractivity contribution is 0.285. The van der Waals surface area contributed by atoms with Gasteiger partial charge in [-0.3, -0.25) is 0 Å². The fraction of sp³-hybridized carbons (Fsp3) is 0.600. The molecule has 2 nitrogen and oxygen atoms in total. The van der Waals surface area contributed by atoms with E-state index in [0.29, 0.717) is 11.5 Å². The van der Waals surface area contributed by atoms with Gasteiger partial charge in [0, 0.05) is 32.4 Å². The summed E-state index contributed by atoms with van der Waals surface area (Å²) in [5, 5.41) is 3.57. The third kappa shape index (κ3) is 4.39. The van der Waals surface area contributed by atoms with Crippen LogP contribution in [0, 0.1) is 5.41 Å². The van der Waals surface area contributed by atoms with Crippen molar-refractivity contribution in [3.8, 4) is 0 Å². The topological polar surface area (TPSA) is 15.3 Å².